The number of ether oxygens (including phenoxy) is 1. The number of aryl methyl sites for hydroxylation is 1. The van der Waals surface area contributed by atoms with Gasteiger partial charge >= 0.3 is 0 Å². The van der Waals surface area contributed by atoms with Gasteiger partial charge in [0.05, 0.1) is 28.5 Å². The third-order valence-corrected chi connectivity index (χ3v) is 5.87. The Balaban J connectivity index is 1.73. The maximum absolute atomic E-state index is 13.6. The van der Waals surface area contributed by atoms with E-state index < -0.39 is 16.9 Å². The number of nitro benzene ring substituents is 1. The molecule has 4 aromatic rings. The molecule has 1 unspecified atom stereocenters. The molecule has 0 saturated heterocycles. The number of carbonyl (C=O) groups excluding carboxylic acids is 1. The molecule has 1 atom stereocenters. The van der Waals surface area contributed by atoms with Gasteiger partial charge in [-0.3, -0.25) is 24.6 Å². The van der Waals surface area contributed by atoms with Crippen molar-refractivity contribution in [2.75, 3.05) is 11.5 Å². The average molecular weight is 456 g/mol. The molecular formula is C26H20N2O6. The number of fused-ring (bicyclic) bond motifs is 2. The molecule has 1 aliphatic rings. The summed E-state index contributed by atoms with van der Waals surface area (Å²) in [6.07, 6.45) is 0. The van der Waals surface area contributed by atoms with Crippen molar-refractivity contribution in [2.45, 2.75) is 19.9 Å². The van der Waals surface area contributed by atoms with Crippen molar-refractivity contribution in [3.63, 3.8) is 0 Å². The van der Waals surface area contributed by atoms with E-state index in [0.29, 0.717) is 34.6 Å². The minimum absolute atomic E-state index is 0.0291. The van der Waals surface area contributed by atoms with Crippen LogP contribution in [0.2, 0.25) is 0 Å². The number of rotatable bonds is 5. The number of nitro groups is 1. The Labute approximate surface area is 194 Å². The first kappa shape index (κ1) is 21.4. The van der Waals surface area contributed by atoms with E-state index in [4.69, 9.17) is 9.15 Å². The summed E-state index contributed by atoms with van der Waals surface area (Å²) in [6.45, 7) is 4.25. The first-order chi connectivity index (χ1) is 16.4. The van der Waals surface area contributed by atoms with E-state index in [2.05, 4.69) is 0 Å². The van der Waals surface area contributed by atoms with Gasteiger partial charge in [-0.1, -0.05) is 11.6 Å². The van der Waals surface area contributed by atoms with Crippen molar-refractivity contribution < 1.29 is 18.9 Å². The number of carbonyl (C=O) groups is 1. The highest BCUT2D eigenvalue weighted by Gasteiger charge is 2.43. The minimum Gasteiger partial charge on any atom is -0.494 e. The van der Waals surface area contributed by atoms with Gasteiger partial charge in [-0.05, 0) is 67.9 Å². The van der Waals surface area contributed by atoms with E-state index >= 15 is 0 Å². The van der Waals surface area contributed by atoms with E-state index in [1.165, 1.54) is 17.0 Å². The molecule has 5 rings (SSSR count). The van der Waals surface area contributed by atoms with Crippen molar-refractivity contribution in [3.05, 3.63) is 110 Å². The molecule has 0 radical (unpaired) electrons. The molecular weight excluding hydrogens is 436 g/mol. The highest BCUT2D eigenvalue weighted by Crippen LogP contribution is 2.41. The Morgan fingerprint density at radius 1 is 1.03 bits per heavy atom. The second kappa shape index (κ2) is 8.15. The number of amides is 1. The van der Waals surface area contributed by atoms with Gasteiger partial charge in [-0.25, -0.2) is 0 Å². The third kappa shape index (κ3) is 3.40. The monoisotopic (exact) mass is 456 g/mol. The van der Waals surface area contributed by atoms with E-state index in [1.54, 1.807) is 48.5 Å². The Hall–Kier alpha value is -4.46. The first-order valence-corrected chi connectivity index (χ1v) is 10.8. The fraction of sp³-hybridized carbons (Fsp3) is 0.154. The number of hydrogen-bond acceptors (Lipinski definition) is 6. The van der Waals surface area contributed by atoms with Crippen LogP contribution >= 0.6 is 0 Å². The van der Waals surface area contributed by atoms with Crippen LogP contribution in [0.4, 0.5) is 11.4 Å². The molecule has 1 aromatic heterocycles. The smallest absolute Gasteiger partial charge is 0.295 e. The van der Waals surface area contributed by atoms with Gasteiger partial charge in [0.15, 0.2) is 5.43 Å². The zero-order valence-corrected chi connectivity index (χ0v) is 18.5. The maximum atomic E-state index is 13.6. The quantitative estimate of drug-likeness (QED) is 0.304. The van der Waals surface area contributed by atoms with Gasteiger partial charge in [-0.15, -0.1) is 0 Å². The van der Waals surface area contributed by atoms with Crippen molar-refractivity contribution in [3.8, 4) is 5.75 Å². The largest absolute Gasteiger partial charge is 0.494 e. The summed E-state index contributed by atoms with van der Waals surface area (Å²) >= 11 is 0. The minimum atomic E-state index is -0.803. The van der Waals surface area contributed by atoms with Crippen LogP contribution in [-0.2, 0) is 0 Å². The fourth-order valence-electron chi connectivity index (χ4n) is 4.32. The molecule has 0 bridgehead atoms. The van der Waals surface area contributed by atoms with Crippen molar-refractivity contribution in [1.29, 1.82) is 0 Å². The van der Waals surface area contributed by atoms with Crippen LogP contribution in [0.3, 0.4) is 0 Å². The second-order valence-electron chi connectivity index (χ2n) is 8.03. The van der Waals surface area contributed by atoms with Crippen molar-refractivity contribution in [1.82, 2.24) is 0 Å². The standard InChI is InChI=1S/C26H20N2O6/c1-3-33-19-11-9-17(10-12-19)27-23(16-5-7-18(8-6-16)28(31)32)22-24(29)20-14-15(2)4-13-21(20)34-25(22)26(27)30/h4-14,23H,3H2,1-2H3. The topological polar surface area (TPSA) is 103 Å². The Morgan fingerprint density at radius 3 is 2.38 bits per heavy atom. The van der Waals surface area contributed by atoms with Crippen LogP contribution in [0.15, 0.2) is 75.9 Å². The Morgan fingerprint density at radius 2 is 1.74 bits per heavy atom. The molecule has 3 aromatic carbocycles. The summed E-state index contributed by atoms with van der Waals surface area (Å²) in [4.78, 5) is 39.4. The zero-order valence-electron chi connectivity index (χ0n) is 18.5. The molecule has 2 heterocycles. The molecule has 1 aliphatic heterocycles. The first-order valence-electron chi connectivity index (χ1n) is 10.8. The predicted molar refractivity (Wildman–Crippen MR) is 127 cm³/mol. The van der Waals surface area contributed by atoms with Crippen molar-refractivity contribution >= 4 is 28.3 Å². The summed E-state index contributed by atoms with van der Waals surface area (Å²) in [5, 5.41) is 11.5. The Kier molecular flexibility index (Phi) is 5.13. The lowest BCUT2D eigenvalue weighted by atomic mass is 9.97. The second-order valence-corrected chi connectivity index (χ2v) is 8.03. The number of non-ortho nitro benzene ring substituents is 1. The van der Waals surface area contributed by atoms with Gasteiger partial charge in [0.25, 0.3) is 11.6 Å². The molecule has 8 nitrogen and oxygen atoms in total. The SMILES string of the molecule is CCOc1ccc(N2C(=O)c3oc4ccc(C)cc4c(=O)c3C2c2ccc([N+](=O)[O-])cc2)cc1. The number of nitrogens with zero attached hydrogens (tertiary/aromatic N) is 2. The predicted octanol–water partition coefficient (Wildman–Crippen LogP) is 5.16. The maximum Gasteiger partial charge on any atom is 0.295 e. The third-order valence-electron chi connectivity index (χ3n) is 5.87. The number of benzene rings is 3. The normalized spacial score (nSPS) is 14.9. The fourth-order valence-corrected chi connectivity index (χ4v) is 4.32. The van der Waals surface area contributed by atoms with E-state index in [1.807, 2.05) is 19.9 Å². The summed E-state index contributed by atoms with van der Waals surface area (Å²) in [5.74, 6) is 0.165. The highest BCUT2D eigenvalue weighted by molar-refractivity contribution is 6.10. The molecule has 0 spiro atoms. The summed E-state index contributed by atoms with van der Waals surface area (Å²) in [7, 11) is 0. The van der Waals surface area contributed by atoms with Gasteiger partial charge < -0.3 is 9.15 Å². The lowest BCUT2D eigenvalue weighted by molar-refractivity contribution is -0.384. The van der Waals surface area contributed by atoms with Gasteiger partial charge in [0.2, 0.25) is 5.76 Å². The van der Waals surface area contributed by atoms with E-state index in [-0.39, 0.29) is 22.4 Å². The van der Waals surface area contributed by atoms with Crippen LogP contribution in [0.5, 0.6) is 5.75 Å². The van der Waals surface area contributed by atoms with Crippen LogP contribution in [0.25, 0.3) is 11.0 Å². The van der Waals surface area contributed by atoms with Gasteiger partial charge in [0.1, 0.15) is 11.3 Å². The molecule has 8 heteroatoms. The van der Waals surface area contributed by atoms with Crippen LogP contribution in [0.1, 0.15) is 40.2 Å². The molecule has 34 heavy (non-hydrogen) atoms. The van der Waals surface area contributed by atoms with Crippen LogP contribution < -0.4 is 15.1 Å². The van der Waals surface area contributed by atoms with Gasteiger partial charge in [-0.2, -0.15) is 0 Å². The summed E-state index contributed by atoms with van der Waals surface area (Å²) < 4.78 is 11.5. The lowest BCUT2D eigenvalue weighted by Gasteiger charge is -2.25. The molecule has 0 fully saturated rings. The Bertz CT molecular complexity index is 1490. The summed E-state index contributed by atoms with van der Waals surface area (Å²) in [5.41, 5.74) is 2.16. The molecule has 0 N–H and O–H groups in total. The van der Waals surface area contributed by atoms with Crippen molar-refractivity contribution in [2.24, 2.45) is 0 Å². The molecule has 0 aliphatic carbocycles. The molecule has 170 valence electrons. The number of anilines is 1. The zero-order chi connectivity index (χ0) is 24.0. The van der Waals surface area contributed by atoms with Gasteiger partial charge in [0, 0.05) is 17.8 Å². The van der Waals surface area contributed by atoms with E-state index in [0.717, 1.165) is 5.56 Å². The lowest BCUT2D eigenvalue weighted by Crippen LogP contribution is -2.29. The number of hydrogen-bond donors (Lipinski definition) is 0. The molecule has 0 saturated carbocycles. The van der Waals surface area contributed by atoms with Crippen LogP contribution in [-0.4, -0.2) is 17.4 Å². The average Bonchev–Trinajstić information content (AvgIpc) is 3.13. The summed E-state index contributed by atoms with van der Waals surface area (Å²) in [6, 6.07) is 17.2. The van der Waals surface area contributed by atoms with E-state index in [9.17, 15) is 19.7 Å². The molecule has 1 amide bonds. The van der Waals surface area contributed by atoms with Crippen LogP contribution in [0, 0.1) is 17.0 Å². The highest BCUT2D eigenvalue weighted by atomic mass is 16.6.